The number of hydrogen-bond acceptors (Lipinski definition) is 3. The average molecular weight is 296 g/mol. The molecule has 2 aromatic rings. The smallest absolute Gasteiger partial charge is 0.332 e. The molecule has 0 saturated heterocycles. The fourth-order valence-electron chi connectivity index (χ4n) is 2.23. The lowest BCUT2D eigenvalue weighted by Gasteiger charge is -2.29. The largest absolute Gasteiger partial charge is 0.350 e. The molecule has 2 amide bonds. The van der Waals surface area contributed by atoms with Crippen LogP contribution >= 0.6 is 0 Å². The molecule has 0 fully saturated rings. The first kappa shape index (κ1) is 15.6. The Balaban J connectivity index is 2.20. The molecule has 0 saturated carbocycles. The molecule has 5 heteroatoms. The monoisotopic (exact) mass is 296 g/mol. The van der Waals surface area contributed by atoms with Crippen LogP contribution in [-0.2, 0) is 0 Å². The second-order valence-electron chi connectivity index (χ2n) is 5.13. The molecular weight excluding hydrogens is 276 g/mol. The number of rotatable bonds is 5. The SMILES string of the molecule is CC(C)N(c1ccccc1)c1ccc(C=NNC(N)=O)cc1. The molecular formula is C17H20N4O. The number of nitrogens with zero attached hydrogens (tertiary/aromatic N) is 2. The lowest BCUT2D eigenvalue weighted by molar-refractivity contribution is 0.249. The van der Waals surface area contributed by atoms with Crippen molar-refractivity contribution < 1.29 is 4.79 Å². The quantitative estimate of drug-likeness (QED) is 0.657. The van der Waals surface area contributed by atoms with Crippen LogP contribution in [0.15, 0.2) is 59.7 Å². The summed E-state index contributed by atoms with van der Waals surface area (Å²) < 4.78 is 0. The Kier molecular flexibility index (Phi) is 5.14. The van der Waals surface area contributed by atoms with Crippen molar-refractivity contribution in [3.8, 4) is 0 Å². The van der Waals surface area contributed by atoms with Gasteiger partial charge in [0.2, 0.25) is 0 Å². The second-order valence-corrected chi connectivity index (χ2v) is 5.13. The first-order valence-corrected chi connectivity index (χ1v) is 7.11. The van der Waals surface area contributed by atoms with E-state index in [2.05, 4.69) is 41.4 Å². The van der Waals surface area contributed by atoms with Gasteiger partial charge >= 0.3 is 6.03 Å². The molecule has 2 rings (SSSR count). The molecule has 0 aliphatic rings. The number of nitrogens with one attached hydrogen (secondary N) is 1. The van der Waals surface area contributed by atoms with E-state index in [1.54, 1.807) is 6.21 Å². The minimum atomic E-state index is -0.678. The number of nitrogens with two attached hydrogens (primary N) is 1. The van der Waals surface area contributed by atoms with Crippen molar-refractivity contribution in [3.63, 3.8) is 0 Å². The van der Waals surface area contributed by atoms with Gasteiger partial charge in [0.05, 0.1) is 6.21 Å². The molecule has 0 aliphatic heterocycles. The van der Waals surface area contributed by atoms with E-state index in [-0.39, 0.29) is 0 Å². The zero-order chi connectivity index (χ0) is 15.9. The van der Waals surface area contributed by atoms with Gasteiger partial charge in [-0.3, -0.25) is 0 Å². The minimum Gasteiger partial charge on any atom is -0.350 e. The highest BCUT2D eigenvalue weighted by Crippen LogP contribution is 2.27. The van der Waals surface area contributed by atoms with E-state index in [9.17, 15) is 4.79 Å². The summed E-state index contributed by atoms with van der Waals surface area (Å²) in [5, 5.41) is 3.75. The zero-order valence-electron chi connectivity index (χ0n) is 12.7. The molecule has 2 aromatic carbocycles. The number of anilines is 2. The van der Waals surface area contributed by atoms with Gasteiger partial charge in [-0.1, -0.05) is 30.3 Å². The van der Waals surface area contributed by atoms with Gasteiger partial charge in [0.1, 0.15) is 0 Å². The van der Waals surface area contributed by atoms with Crippen molar-refractivity contribution in [2.45, 2.75) is 19.9 Å². The van der Waals surface area contributed by atoms with Crippen molar-refractivity contribution in [1.29, 1.82) is 0 Å². The standard InChI is InChI=1S/C17H20N4O/c1-13(2)21(15-6-4-3-5-7-15)16-10-8-14(9-11-16)12-19-20-17(18)22/h3-13H,1-2H3,(H3,18,20,22). The fourth-order valence-corrected chi connectivity index (χ4v) is 2.23. The highest BCUT2D eigenvalue weighted by molar-refractivity contribution is 5.82. The summed E-state index contributed by atoms with van der Waals surface area (Å²) in [5.74, 6) is 0. The summed E-state index contributed by atoms with van der Waals surface area (Å²) in [5.41, 5.74) is 10.3. The number of para-hydroxylation sites is 1. The third kappa shape index (κ3) is 4.09. The number of benzene rings is 2. The van der Waals surface area contributed by atoms with E-state index < -0.39 is 6.03 Å². The van der Waals surface area contributed by atoms with E-state index in [1.807, 2.05) is 42.5 Å². The molecule has 0 spiro atoms. The molecule has 0 aromatic heterocycles. The highest BCUT2D eigenvalue weighted by atomic mass is 16.2. The molecule has 0 atom stereocenters. The molecule has 0 heterocycles. The van der Waals surface area contributed by atoms with Crippen LogP contribution in [0.1, 0.15) is 19.4 Å². The van der Waals surface area contributed by atoms with Gasteiger partial charge < -0.3 is 10.6 Å². The molecule has 0 aliphatic carbocycles. The molecule has 5 nitrogen and oxygen atoms in total. The second kappa shape index (κ2) is 7.26. The maximum Gasteiger partial charge on any atom is 0.332 e. The molecule has 0 unspecified atom stereocenters. The Hall–Kier alpha value is -2.82. The molecule has 114 valence electrons. The van der Waals surface area contributed by atoms with Crippen molar-refractivity contribution in [2.24, 2.45) is 10.8 Å². The summed E-state index contributed by atoms with van der Waals surface area (Å²) in [7, 11) is 0. The van der Waals surface area contributed by atoms with Gasteiger partial charge in [0, 0.05) is 17.4 Å². The maximum absolute atomic E-state index is 10.6. The van der Waals surface area contributed by atoms with Gasteiger partial charge in [0.15, 0.2) is 0 Å². The number of amides is 2. The van der Waals surface area contributed by atoms with E-state index >= 15 is 0 Å². The van der Waals surface area contributed by atoms with E-state index in [0.29, 0.717) is 6.04 Å². The number of hydrazone groups is 1. The first-order chi connectivity index (χ1) is 10.6. The van der Waals surface area contributed by atoms with Crippen molar-refractivity contribution in [1.82, 2.24) is 5.43 Å². The van der Waals surface area contributed by atoms with Gasteiger partial charge in [-0.2, -0.15) is 5.10 Å². The van der Waals surface area contributed by atoms with E-state index in [1.165, 1.54) is 0 Å². The lowest BCUT2D eigenvalue weighted by Crippen LogP contribution is -2.25. The van der Waals surface area contributed by atoms with Crippen LogP contribution in [-0.4, -0.2) is 18.3 Å². The molecule has 3 N–H and O–H groups in total. The third-order valence-corrected chi connectivity index (χ3v) is 3.11. The van der Waals surface area contributed by atoms with Crippen LogP contribution in [0.2, 0.25) is 0 Å². The summed E-state index contributed by atoms with van der Waals surface area (Å²) in [6, 6.07) is 17.8. The van der Waals surface area contributed by atoms with Crippen LogP contribution in [0.3, 0.4) is 0 Å². The Morgan fingerprint density at radius 1 is 1.09 bits per heavy atom. The van der Waals surface area contributed by atoms with Gasteiger partial charge in [-0.05, 0) is 43.7 Å². The number of carbonyl (C=O) groups is 1. The normalized spacial score (nSPS) is 10.9. The number of primary amides is 1. The topological polar surface area (TPSA) is 70.7 Å². The van der Waals surface area contributed by atoms with E-state index in [4.69, 9.17) is 5.73 Å². The highest BCUT2D eigenvalue weighted by Gasteiger charge is 2.12. The Bertz CT molecular complexity index is 635. The fraction of sp³-hybridized carbons (Fsp3) is 0.176. The molecule has 0 bridgehead atoms. The van der Waals surface area contributed by atoms with Crippen LogP contribution in [0.4, 0.5) is 16.2 Å². The summed E-state index contributed by atoms with van der Waals surface area (Å²) in [4.78, 5) is 12.8. The number of urea groups is 1. The third-order valence-electron chi connectivity index (χ3n) is 3.11. The van der Waals surface area contributed by atoms with Crippen molar-refractivity contribution in [3.05, 3.63) is 60.2 Å². The summed E-state index contributed by atoms with van der Waals surface area (Å²) >= 11 is 0. The lowest BCUT2D eigenvalue weighted by atomic mass is 10.1. The zero-order valence-corrected chi connectivity index (χ0v) is 12.7. The van der Waals surface area contributed by atoms with E-state index in [0.717, 1.165) is 16.9 Å². The molecule has 22 heavy (non-hydrogen) atoms. The number of hydrogen-bond donors (Lipinski definition) is 2. The van der Waals surface area contributed by atoms with Crippen LogP contribution in [0.25, 0.3) is 0 Å². The maximum atomic E-state index is 10.6. The average Bonchev–Trinajstić information content (AvgIpc) is 2.49. The Morgan fingerprint density at radius 2 is 1.68 bits per heavy atom. The van der Waals surface area contributed by atoms with Gasteiger partial charge in [0.25, 0.3) is 0 Å². The summed E-state index contributed by atoms with van der Waals surface area (Å²) in [6.45, 7) is 4.30. The number of carbonyl (C=O) groups excluding carboxylic acids is 1. The Morgan fingerprint density at radius 3 is 2.23 bits per heavy atom. The summed E-state index contributed by atoms with van der Waals surface area (Å²) in [6.07, 6.45) is 1.55. The first-order valence-electron chi connectivity index (χ1n) is 7.11. The van der Waals surface area contributed by atoms with Crippen LogP contribution in [0, 0.1) is 0 Å². The Labute approximate surface area is 130 Å². The van der Waals surface area contributed by atoms with Crippen LogP contribution < -0.4 is 16.1 Å². The van der Waals surface area contributed by atoms with Crippen molar-refractivity contribution in [2.75, 3.05) is 4.90 Å². The van der Waals surface area contributed by atoms with Gasteiger partial charge in [-0.15, -0.1) is 0 Å². The molecule has 0 radical (unpaired) electrons. The predicted molar refractivity (Wildman–Crippen MR) is 90.5 cm³/mol. The van der Waals surface area contributed by atoms with Crippen LogP contribution in [0.5, 0.6) is 0 Å². The van der Waals surface area contributed by atoms with Crippen molar-refractivity contribution >= 4 is 23.6 Å². The minimum absolute atomic E-state index is 0.332. The van der Waals surface area contributed by atoms with Gasteiger partial charge in [-0.25, -0.2) is 10.2 Å². The predicted octanol–water partition coefficient (Wildman–Crippen LogP) is 3.24.